The highest BCUT2D eigenvalue weighted by Crippen LogP contribution is 2.16. The van der Waals surface area contributed by atoms with Gasteiger partial charge in [-0.25, -0.2) is 0 Å². The van der Waals surface area contributed by atoms with Crippen LogP contribution in [-0.4, -0.2) is 10.2 Å². The molecule has 1 rings (SSSR count). The van der Waals surface area contributed by atoms with Crippen LogP contribution in [0.1, 0.15) is 25.5 Å². The number of hydrogen-bond acceptors (Lipinski definition) is 1. The largest absolute Gasteiger partial charge is 0.284 e. The van der Waals surface area contributed by atoms with Crippen LogP contribution >= 0.6 is 22.6 Å². The molecule has 0 aliphatic rings. The summed E-state index contributed by atoms with van der Waals surface area (Å²) in [5.74, 6) is 0.531. The Morgan fingerprint density at radius 1 is 1.67 bits per heavy atom. The van der Waals surface area contributed by atoms with Crippen molar-refractivity contribution < 1.29 is 0 Å². The predicted molar refractivity (Wildman–Crippen MR) is 45.4 cm³/mol. The Balaban J connectivity index is 2.94. The lowest BCUT2D eigenvalue weighted by molar-refractivity contribution is 0.806. The Morgan fingerprint density at radius 2 is 2.33 bits per heavy atom. The fourth-order valence-corrected chi connectivity index (χ4v) is 1.57. The molecular formula is C6H9IN2. The molecule has 0 spiro atoms. The van der Waals surface area contributed by atoms with Gasteiger partial charge in [0.05, 0.1) is 9.26 Å². The third-order valence-corrected chi connectivity index (χ3v) is 2.03. The maximum atomic E-state index is 4.08. The highest BCUT2D eigenvalue weighted by atomic mass is 127. The van der Waals surface area contributed by atoms with Crippen LogP contribution in [0.25, 0.3) is 0 Å². The van der Waals surface area contributed by atoms with Crippen LogP contribution in [0.5, 0.6) is 0 Å². The molecular weight excluding hydrogens is 227 g/mol. The zero-order valence-electron chi connectivity index (χ0n) is 5.48. The molecule has 0 aliphatic heterocycles. The Bertz CT molecular complexity index is 193. The first kappa shape index (κ1) is 7.05. The Labute approximate surface area is 68.2 Å². The molecule has 1 aromatic heterocycles. The molecule has 9 heavy (non-hydrogen) atoms. The Kier molecular flexibility index (Phi) is 2.10. The average molecular weight is 236 g/mol. The van der Waals surface area contributed by atoms with E-state index in [-0.39, 0.29) is 0 Å². The minimum Gasteiger partial charge on any atom is -0.284 e. The summed E-state index contributed by atoms with van der Waals surface area (Å²) < 4.78 is 1.22. The molecule has 0 radical (unpaired) electrons. The zero-order valence-corrected chi connectivity index (χ0v) is 7.64. The Hall–Kier alpha value is -0.0600. The minimum absolute atomic E-state index is 0.531. The number of nitrogens with one attached hydrogen (secondary N) is 1. The highest BCUT2D eigenvalue weighted by molar-refractivity contribution is 14.1. The summed E-state index contributed by atoms with van der Waals surface area (Å²) in [7, 11) is 0. The van der Waals surface area contributed by atoms with Crippen LogP contribution in [0.2, 0.25) is 0 Å². The van der Waals surface area contributed by atoms with Gasteiger partial charge in [-0.3, -0.25) is 5.10 Å². The topological polar surface area (TPSA) is 28.7 Å². The molecule has 1 heterocycles. The summed E-state index contributed by atoms with van der Waals surface area (Å²) in [5, 5.41) is 6.90. The molecule has 2 nitrogen and oxygen atoms in total. The van der Waals surface area contributed by atoms with Gasteiger partial charge < -0.3 is 0 Å². The van der Waals surface area contributed by atoms with E-state index in [1.807, 2.05) is 6.20 Å². The van der Waals surface area contributed by atoms with E-state index in [0.29, 0.717) is 5.92 Å². The van der Waals surface area contributed by atoms with Crippen molar-refractivity contribution in [2.75, 3.05) is 0 Å². The molecule has 0 amide bonds. The van der Waals surface area contributed by atoms with Crippen molar-refractivity contribution in [3.05, 3.63) is 15.5 Å². The smallest absolute Gasteiger partial charge is 0.0780 e. The van der Waals surface area contributed by atoms with Gasteiger partial charge in [0.2, 0.25) is 0 Å². The molecule has 0 atom stereocenters. The Morgan fingerprint density at radius 3 is 2.56 bits per heavy atom. The maximum absolute atomic E-state index is 4.08. The molecule has 50 valence electrons. The molecule has 0 aromatic carbocycles. The first-order chi connectivity index (χ1) is 4.22. The molecule has 1 N–H and O–H groups in total. The molecule has 0 saturated heterocycles. The second-order valence-corrected chi connectivity index (χ2v) is 3.44. The third-order valence-electron chi connectivity index (χ3n) is 1.17. The van der Waals surface area contributed by atoms with E-state index in [0.717, 1.165) is 5.69 Å². The van der Waals surface area contributed by atoms with Crippen LogP contribution in [0.3, 0.4) is 0 Å². The summed E-state index contributed by atoms with van der Waals surface area (Å²) in [5.41, 5.74) is 1.16. The van der Waals surface area contributed by atoms with Crippen LogP contribution < -0.4 is 0 Å². The van der Waals surface area contributed by atoms with E-state index in [2.05, 4.69) is 46.6 Å². The zero-order chi connectivity index (χ0) is 6.85. The van der Waals surface area contributed by atoms with Gasteiger partial charge in [0.15, 0.2) is 0 Å². The fourth-order valence-electron chi connectivity index (χ4n) is 0.691. The molecule has 0 unspecified atom stereocenters. The number of aromatic nitrogens is 2. The van der Waals surface area contributed by atoms with Crippen LogP contribution in [0, 0.1) is 3.57 Å². The fraction of sp³-hybridized carbons (Fsp3) is 0.500. The van der Waals surface area contributed by atoms with E-state index < -0.39 is 0 Å². The number of nitrogens with zero attached hydrogens (tertiary/aromatic N) is 1. The van der Waals surface area contributed by atoms with Crippen molar-refractivity contribution in [3.8, 4) is 0 Å². The van der Waals surface area contributed by atoms with Gasteiger partial charge in [0.1, 0.15) is 0 Å². The number of H-pyrrole nitrogens is 1. The van der Waals surface area contributed by atoms with E-state index in [9.17, 15) is 0 Å². The first-order valence-corrected chi connectivity index (χ1v) is 3.99. The lowest BCUT2D eigenvalue weighted by Crippen LogP contribution is -1.88. The summed E-state index contributed by atoms with van der Waals surface area (Å²) in [6, 6.07) is 0. The van der Waals surface area contributed by atoms with E-state index in [4.69, 9.17) is 0 Å². The highest BCUT2D eigenvalue weighted by Gasteiger charge is 2.05. The van der Waals surface area contributed by atoms with Gasteiger partial charge in [-0.15, -0.1) is 0 Å². The molecule has 0 fully saturated rings. The summed E-state index contributed by atoms with van der Waals surface area (Å²) in [6.07, 6.45) is 1.91. The monoisotopic (exact) mass is 236 g/mol. The molecule has 0 bridgehead atoms. The van der Waals surface area contributed by atoms with Gasteiger partial charge in [-0.1, -0.05) is 13.8 Å². The number of hydrogen-bond donors (Lipinski definition) is 1. The predicted octanol–water partition coefficient (Wildman–Crippen LogP) is 2.14. The summed E-state index contributed by atoms with van der Waals surface area (Å²) >= 11 is 2.28. The van der Waals surface area contributed by atoms with Crippen molar-refractivity contribution in [1.82, 2.24) is 10.2 Å². The normalized spacial score (nSPS) is 10.7. The molecule has 0 saturated carbocycles. The standard InChI is InChI=1S/C6H9IN2/c1-4(2)6-5(7)3-8-9-6/h3-4H,1-2H3,(H,8,9). The number of aromatic amines is 1. The van der Waals surface area contributed by atoms with Crippen molar-refractivity contribution in [2.24, 2.45) is 0 Å². The minimum atomic E-state index is 0.531. The lowest BCUT2D eigenvalue weighted by atomic mass is 10.1. The van der Waals surface area contributed by atoms with Crippen molar-refractivity contribution in [3.63, 3.8) is 0 Å². The van der Waals surface area contributed by atoms with E-state index in [1.54, 1.807) is 0 Å². The second kappa shape index (κ2) is 2.68. The molecule has 0 aliphatic carbocycles. The van der Waals surface area contributed by atoms with E-state index >= 15 is 0 Å². The van der Waals surface area contributed by atoms with Crippen molar-refractivity contribution in [1.29, 1.82) is 0 Å². The van der Waals surface area contributed by atoms with Gasteiger partial charge in [-0.2, -0.15) is 5.10 Å². The van der Waals surface area contributed by atoms with E-state index in [1.165, 1.54) is 3.57 Å². The number of rotatable bonds is 1. The van der Waals surface area contributed by atoms with Crippen LogP contribution in [-0.2, 0) is 0 Å². The molecule has 3 heteroatoms. The van der Waals surface area contributed by atoms with Crippen LogP contribution in [0.4, 0.5) is 0 Å². The summed E-state index contributed by atoms with van der Waals surface area (Å²) in [6.45, 7) is 4.27. The van der Waals surface area contributed by atoms with Gasteiger partial charge in [-0.05, 0) is 28.5 Å². The van der Waals surface area contributed by atoms with Gasteiger partial charge in [0.25, 0.3) is 0 Å². The van der Waals surface area contributed by atoms with Crippen molar-refractivity contribution in [2.45, 2.75) is 19.8 Å². The van der Waals surface area contributed by atoms with Gasteiger partial charge >= 0.3 is 0 Å². The first-order valence-electron chi connectivity index (χ1n) is 2.91. The van der Waals surface area contributed by atoms with Gasteiger partial charge in [0, 0.05) is 6.20 Å². The van der Waals surface area contributed by atoms with Crippen LogP contribution in [0.15, 0.2) is 6.20 Å². The maximum Gasteiger partial charge on any atom is 0.0780 e. The average Bonchev–Trinajstić information content (AvgIpc) is 2.13. The summed E-state index contributed by atoms with van der Waals surface area (Å²) in [4.78, 5) is 0. The SMILES string of the molecule is CC(C)c1n[nH]cc1I. The number of halogens is 1. The third kappa shape index (κ3) is 1.44. The quantitative estimate of drug-likeness (QED) is 0.743. The molecule has 1 aromatic rings. The second-order valence-electron chi connectivity index (χ2n) is 2.27. The van der Waals surface area contributed by atoms with Crippen molar-refractivity contribution >= 4 is 22.6 Å². The lowest BCUT2D eigenvalue weighted by Gasteiger charge is -1.97.